The van der Waals surface area contributed by atoms with Gasteiger partial charge in [0, 0.05) is 25.2 Å². The average molecular weight is 344 g/mol. The first-order valence-electron chi connectivity index (χ1n) is 8.19. The topological polar surface area (TPSA) is 109 Å². The molecule has 8 heteroatoms. The minimum Gasteiger partial charge on any atom is -0.481 e. The predicted molar refractivity (Wildman–Crippen MR) is 88.9 cm³/mol. The number of rotatable bonds is 5. The summed E-state index contributed by atoms with van der Waals surface area (Å²) < 4.78 is 5.28. The van der Waals surface area contributed by atoms with Crippen LogP contribution in [0.15, 0.2) is 34.9 Å². The normalized spacial score (nSPS) is 18.1. The Hall–Kier alpha value is -2.90. The Kier molecular flexibility index (Phi) is 4.97. The Labute approximate surface area is 144 Å². The van der Waals surface area contributed by atoms with Gasteiger partial charge in [0.25, 0.3) is 0 Å². The summed E-state index contributed by atoms with van der Waals surface area (Å²) >= 11 is 0. The van der Waals surface area contributed by atoms with E-state index in [1.54, 1.807) is 0 Å². The molecule has 2 amide bonds. The second-order valence-corrected chi connectivity index (χ2v) is 6.18. The highest BCUT2D eigenvalue weighted by atomic mass is 16.5. The van der Waals surface area contributed by atoms with Gasteiger partial charge in [0.2, 0.25) is 11.7 Å². The zero-order valence-electron chi connectivity index (χ0n) is 13.9. The second kappa shape index (κ2) is 7.33. The van der Waals surface area contributed by atoms with Crippen molar-refractivity contribution in [2.24, 2.45) is 5.92 Å². The van der Waals surface area contributed by atoms with Gasteiger partial charge in [0.1, 0.15) is 0 Å². The molecule has 2 N–H and O–H groups in total. The number of aromatic nitrogens is 2. The molecule has 0 radical (unpaired) electrons. The van der Waals surface area contributed by atoms with Crippen LogP contribution in [0.2, 0.25) is 0 Å². The number of hydrogen-bond acceptors (Lipinski definition) is 5. The van der Waals surface area contributed by atoms with Crippen LogP contribution in [0.5, 0.6) is 0 Å². The standard InChI is InChI=1S/C17H20N4O4/c1-11(9-18-17(24)21-8-7-13(10-21)16(22)23)15-19-14(20-25-15)12-5-3-2-4-6-12/h2-6,11,13H,7-10H2,1H3,(H,18,24)(H,22,23). The van der Waals surface area contributed by atoms with Crippen molar-refractivity contribution in [2.45, 2.75) is 19.3 Å². The van der Waals surface area contributed by atoms with E-state index in [0.717, 1.165) is 5.56 Å². The molecule has 8 nitrogen and oxygen atoms in total. The van der Waals surface area contributed by atoms with Gasteiger partial charge in [0.05, 0.1) is 11.8 Å². The van der Waals surface area contributed by atoms with Crippen LogP contribution in [0.4, 0.5) is 4.79 Å². The Morgan fingerprint density at radius 1 is 1.40 bits per heavy atom. The highest BCUT2D eigenvalue weighted by molar-refractivity contribution is 5.77. The maximum absolute atomic E-state index is 12.1. The van der Waals surface area contributed by atoms with Gasteiger partial charge in [0.15, 0.2) is 0 Å². The molecular formula is C17H20N4O4. The summed E-state index contributed by atoms with van der Waals surface area (Å²) in [5.41, 5.74) is 0.866. The van der Waals surface area contributed by atoms with Gasteiger partial charge < -0.3 is 19.8 Å². The van der Waals surface area contributed by atoms with Crippen LogP contribution in [-0.4, -0.2) is 51.8 Å². The van der Waals surface area contributed by atoms with E-state index in [2.05, 4.69) is 15.5 Å². The summed E-state index contributed by atoms with van der Waals surface area (Å²) in [6.45, 7) is 2.92. The van der Waals surface area contributed by atoms with Crippen LogP contribution >= 0.6 is 0 Å². The van der Waals surface area contributed by atoms with Crippen LogP contribution in [0.3, 0.4) is 0 Å². The monoisotopic (exact) mass is 344 g/mol. The maximum Gasteiger partial charge on any atom is 0.317 e. The van der Waals surface area contributed by atoms with Gasteiger partial charge in [-0.2, -0.15) is 4.98 Å². The highest BCUT2D eigenvalue weighted by Crippen LogP contribution is 2.20. The lowest BCUT2D eigenvalue weighted by atomic mass is 10.1. The molecule has 1 fully saturated rings. The number of urea groups is 1. The number of carbonyl (C=O) groups is 2. The largest absolute Gasteiger partial charge is 0.481 e. The highest BCUT2D eigenvalue weighted by Gasteiger charge is 2.31. The van der Waals surface area contributed by atoms with Gasteiger partial charge in [-0.15, -0.1) is 0 Å². The van der Waals surface area contributed by atoms with Crippen molar-refractivity contribution >= 4 is 12.0 Å². The number of carboxylic acids is 1. The molecule has 1 aromatic heterocycles. The van der Waals surface area contributed by atoms with E-state index in [4.69, 9.17) is 9.63 Å². The van der Waals surface area contributed by atoms with Crippen molar-refractivity contribution in [2.75, 3.05) is 19.6 Å². The number of likely N-dealkylation sites (tertiary alicyclic amines) is 1. The molecule has 0 saturated carbocycles. The third-order valence-corrected chi connectivity index (χ3v) is 4.28. The number of hydrogen-bond donors (Lipinski definition) is 2. The summed E-state index contributed by atoms with van der Waals surface area (Å²) in [7, 11) is 0. The summed E-state index contributed by atoms with van der Waals surface area (Å²) in [6.07, 6.45) is 0.488. The fourth-order valence-electron chi connectivity index (χ4n) is 2.73. The smallest absolute Gasteiger partial charge is 0.317 e. The fourth-order valence-corrected chi connectivity index (χ4v) is 2.73. The Bertz CT molecular complexity index is 746. The van der Waals surface area contributed by atoms with Crippen LogP contribution in [0.1, 0.15) is 25.2 Å². The molecule has 0 bridgehead atoms. The van der Waals surface area contributed by atoms with Crippen molar-refractivity contribution in [1.29, 1.82) is 0 Å². The molecule has 1 aliphatic heterocycles. The maximum atomic E-state index is 12.1. The van der Waals surface area contributed by atoms with E-state index in [1.807, 2.05) is 37.3 Å². The number of aliphatic carboxylic acids is 1. The molecule has 2 atom stereocenters. The number of nitrogens with one attached hydrogen (secondary N) is 1. The third kappa shape index (κ3) is 3.96. The van der Waals surface area contributed by atoms with Gasteiger partial charge in [-0.3, -0.25) is 4.79 Å². The first-order valence-corrected chi connectivity index (χ1v) is 8.19. The Morgan fingerprint density at radius 3 is 2.84 bits per heavy atom. The molecule has 132 valence electrons. The zero-order chi connectivity index (χ0) is 17.8. The first kappa shape index (κ1) is 16.9. The number of carboxylic acid groups (broad SMARTS) is 1. The Balaban J connectivity index is 1.53. The van der Waals surface area contributed by atoms with Crippen molar-refractivity contribution in [3.05, 3.63) is 36.2 Å². The van der Waals surface area contributed by atoms with Crippen LogP contribution in [0, 0.1) is 5.92 Å². The van der Waals surface area contributed by atoms with Gasteiger partial charge >= 0.3 is 12.0 Å². The average Bonchev–Trinajstić information content (AvgIpc) is 3.29. The van der Waals surface area contributed by atoms with E-state index in [0.29, 0.717) is 31.2 Å². The molecule has 3 rings (SSSR count). The van der Waals surface area contributed by atoms with Crippen LogP contribution < -0.4 is 5.32 Å². The van der Waals surface area contributed by atoms with Crippen molar-refractivity contribution < 1.29 is 19.2 Å². The number of carbonyl (C=O) groups excluding carboxylic acids is 1. The SMILES string of the molecule is CC(CNC(=O)N1CCC(C(=O)O)C1)c1nc(-c2ccccc2)no1. The van der Waals surface area contributed by atoms with E-state index >= 15 is 0 Å². The molecule has 1 saturated heterocycles. The van der Waals surface area contributed by atoms with Crippen LogP contribution in [-0.2, 0) is 4.79 Å². The lowest BCUT2D eigenvalue weighted by Gasteiger charge is -2.17. The molecular weight excluding hydrogens is 324 g/mol. The molecule has 2 heterocycles. The number of benzene rings is 1. The van der Waals surface area contributed by atoms with Gasteiger partial charge in [-0.1, -0.05) is 42.4 Å². The molecule has 0 spiro atoms. The van der Waals surface area contributed by atoms with E-state index in [9.17, 15) is 9.59 Å². The van der Waals surface area contributed by atoms with Gasteiger partial charge in [-0.05, 0) is 6.42 Å². The summed E-state index contributed by atoms with van der Waals surface area (Å²) in [5.74, 6) is -0.524. The number of nitrogens with zero attached hydrogens (tertiary/aromatic N) is 3. The predicted octanol–water partition coefficient (Wildman–Crippen LogP) is 1.96. The quantitative estimate of drug-likeness (QED) is 0.858. The lowest BCUT2D eigenvalue weighted by Crippen LogP contribution is -2.40. The molecule has 25 heavy (non-hydrogen) atoms. The molecule has 1 aromatic carbocycles. The summed E-state index contributed by atoms with van der Waals surface area (Å²) in [4.78, 5) is 29.0. The van der Waals surface area contributed by atoms with E-state index in [1.165, 1.54) is 4.90 Å². The Morgan fingerprint density at radius 2 is 2.16 bits per heavy atom. The molecule has 0 aliphatic carbocycles. The molecule has 1 aliphatic rings. The molecule has 2 aromatic rings. The number of amides is 2. The van der Waals surface area contributed by atoms with Crippen molar-refractivity contribution in [1.82, 2.24) is 20.4 Å². The van der Waals surface area contributed by atoms with E-state index < -0.39 is 11.9 Å². The van der Waals surface area contributed by atoms with Crippen LogP contribution in [0.25, 0.3) is 11.4 Å². The van der Waals surface area contributed by atoms with E-state index in [-0.39, 0.29) is 18.5 Å². The minimum absolute atomic E-state index is 0.146. The lowest BCUT2D eigenvalue weighted by molar-refractivity contribution is -0.141. The third-order valence-electron chi connectivity index (χ3n) is 4.28. The summed E-state index contributed by atoms with van der Waals surface area (Å²) in [5, 5.41) is 15.8. The van der Waals surface area contributed by atoms with Gasteiger partial charge in [-0.25, -0.2) is 4.79 Å². The molecule has 2 unspecified atom stereocenters. The second-order valence-electron chi connectivity index (χ2n) is 6.18. The van der Waals surface area contributed by atoms with Crippen molar-refractivity contribution in [3.63, 3.8) is 0 Å². The zero-order valence-corrected chi connectivity index (χ0v) is 13.9. The first-order chi connectivity index (χ1) is 12.0. The minimum atomic E-state index is -0.858. The summed E-state index contributed by atoms with van der Waals surface area (Å²) in [6, 6.07) is 9.24. The fraction of sp³-hybridized carbons (Fsp3) is 0.412. The van der Waals surface area contributed by atoms with Crippen molar-refractivity contribution in [3.8, 4) is 11.4 Å².